The summed E-state index contributed by atoms with van der Waals surface area (Å²) >= 11 is 0. The largest absolute Gasteiger partial charge is 0.325 e. The van der Waals surface area contributed by atoms with Crippen LogP contribution in [0.3, 0.4) is 0 Å². The first-order chi connectivity index (χ1) is 9.88. The second-order valence-electron chi connectivity index (χ2n) is 5.33. The van der Waals surface area contributed by atoms with Crippen molar-refractivity contribution in [1.82, 2.24) is 4.90 Å². The van der Waals surface area contributed by atoms with E-state index < -0.39 is 10.0 Å². The maximum absolute atomic E-state index is 12.2. The Hall–Kier alpha value is -1.44. The summed E-state index contributed by atoms with van der Waals surface area (Å²) < 4.78 is 22.6. The van der Waals surface area contributed by atoms with E-state index in [1.165, 1.54) is 18.6 Å². The van der Waals surface area contributed by atoms with Gasteiger partial charge in [0.15, 0.2) is 0 Å². The Bertz CT molecular complexity index is 610. The molecule has 7 heteroatoms. The lowest BCUT2D eigenvalue weighted by Crippen LogP contribution is -2.44. The number of nitrogens with zero attached hydrogens (tertiary/aromatic N) is 1. The number of piperidine rings is 1. The number of primary sulfonamides is 1. The molecule has 1 aromatic rings. The van der Waals surface area contributed by atoms with E-state index in [9.17, 15) is 13.2 Å². The molecule has 1 saturated heterocycles. The number of likely N-dealkylation sites (tertiary alicyclic amines) is 1. The summed E-state index contributed by atoms with van der Waals surface area (Å²) in [6.45, 7) is 3.71. The highest BCUT2D eigenvalue weighted by Crippen LogP contribution is 2.16. The van der Waals surface area contributed by atoms with Crippen molar-refractivity contribution in [2.45, 2.75) is 37.1 Å². The van der Waals surface area contributed by atoms with Gasteiger partial charge in [-0.05, 0) is 51.1 Å². The Balaban J connectivity index is 2.05. The van der Waals surface area contributed by atoms with E-state index in [1.54, 1.807) is 12.1 Å². The summed E-state index contributed by atoms with van der Waals surface area (Å²) in [7, 11) is -3.76. The minimum absolute atomic E-state index is 0.00840. The lowest BCUT2D eigenvalue weighted by Gasteiger charge is -2.31. The quantitative estimate of drug-likeness (QED) is 0.872. The number of nitrogens with one attached hydrogen (secondary N) is 1. The van der Waals surface area contributed by atoms with Gasteiger partial charge in [-0.2, -0.15) is 0 Å². The second-order valence-corrected chi connectivity index (χ2v) is 6.90. The van der Waals surface area contributed by atoms with Crippen LogP contribution < -0.4 is 10.5 Å². The third-order valence-corrected chi connectivity index (χ3v) is 4.66. The smallest absolute Gasteiger partial charge is 0.241 e. The van der Waals surface area contributed by atoms with E-state index in [-0.39, 0.29) is 16.8 Å². The average Bonchev–Trinajstić information content (AvgIpc) is 2.47. The zero-order valence-corrected chi connectivity index (χ0v) is 12.9. The van der Waals surface area contributed by atoms with Crippen molar-refractivity contribution >= 4 is 21.6 Å². The van der Waals surface area contributed by atoms with Crippen LogP contribution in [-0.4, -0.2) is 38.4 Å². The molecule has 0 spiro atoms. The van der Waals surface area contributed by atoms with Gasteiger partial charge in [0.2, 0.25) is 15.9 Å². The van der Waals surface area contributed by atoms with Crippen LogP contribution in [0.5, 0.6) is 0 Å². The Labute approximate surface area is 125 Å². The fourth-order valence-electron chi connectivity index (χ4n) is 2.47. The highest BCUT2D eigenvalue weighted by Gasteiger charge is 2.23. The number of carbonyl (C=O) groups excluding carboxylic acids is 1. The van der Waals surface area contributed by atoms with Crippen molar-refractivity contribution in [1.29, 1.82) is 0 Å². The van der Waals surface area contributed by atoms with Gasteiger partial charge in [-0.3, -0.25) is 9.69 Å². The van der Waals surface area contributed by atoms with Gasteiger partial charge < -0.3 is 5.32 Å². The average molecular weight is 311 g/mol. The maximum atomic E-state index is 12.2. The number of hydrogen-bond donors (Lipinski definition) is 2. The Morgan fingerprint density at radius 3 is 2.57 bits per heavy atom. The van der Waals surface area contributed by atoms with Gasteiger partial charge in [-0.25, -0.2) is 13.6 Å². The molecule has 1 heterocycles. The highest BCUT2D eigenvalue weighted by atomic mass is 32.2. The predicted octanol–water partition coefficient (Wildman–Crippen LogP) is 1.15. The molecular formula is C14H21N3O3S. The van der Waals surface area contributed by atoms with Crippen LogP contribution in [-0.2, 0) is 14.8 Å². The van der Waals surface area contributed by atoms with E-state index in [0.717, 1.165) is 25.9 Å². The minimum atomic E-state index is -3.76. The molecule has 0 aliphatic carbocycles. The summed E-state index contributed by atoms with van der Waals surface area (Å²) in [5.74, 6) is -0.136. The third-order valence-electron chi connectivity index (χ3n) is 3.75. The number of rotatable bonds is 4. The molecule has 1 amide bonds. The van der Waals surface area contributed by atoms with Crippen LogP contribution in [0.2, 0.25) is 0 Å². The highest BCUT2D eigenvalue weighted by molar-refractivity contribution is 7.89. The molecule has 6 nitrogen and oxygen atoms in total. The first kappa shape index (κ1) is 15.9. The first-order valence-electron chi connectivity index (χ1n) is 7.06. The molecule has 1 unspecified atom stereocenters. The number of benzene rings is 1. The predicted molar refractivity (Wildman–Crippen MR) is 81.3 cm³/mol. The molecular weight excluding hydrogens is 290 g/mol. The van der Waals surface area contributed by atoms with Crippen molar-refractivity contribution in [3.8, 4) is 0 Å². The molecule has 0 radical (unpaired) electrons. The summed E-state index contributed by atoms with van der Waals surface area (Å²) in [6.07, 6.45) is 3.43. The van der Waals surface area contributed by atoms with Gasteiger partial charge in [0.05, 0.1) is 10.9 Å². The van der Waals surface area contributed by atoms with Gasteiger partial charge in [0.1, 0.15) is 0 Å². The van der Waals surface area contributed by atoms with Crippen molar-refractivity contribution in [3.63, 3.8) is 0 Å². The lowest BCUT2D eigenvalue weighted by molar-refractivity contribution is -0.121. The molecule has 1 aliphatic rings. The SMILES string of the molecule is CC(C(=O)Nc1cccc(S(N)(=O)=O)c1)N1CCCCC1. The number of carbonyl (C=O) groups is 1. The van der Waals surface area contributed by atoms with E-state index in [1.807, 2.05) is 6.92 Å². The van der Waals surface area contributed by atoms with Crippen LogP contribution in [0.1, 0.15) is 26.2 Å². The number of anilines is 1. The Morgan fingerprint density at radius 1 is 1.29 bits per heavy atom. The first-order valence-corrected chi connectivity index (χ1v) is 8.60. The zero-order chi connectivity index (χ0) is 15.5. The molecule has 1 aliphatic heterocycles. The van der Waals surface area contributed by atoms with Crippen LogP contribution in [0.4, 0.5) is 5.69 Å². The van der Waals surface area contributed by atoms with Gasteiger partial charge in [0.25, 0.3) is 0 Å². The summed E-state index contributed by atoms with van der Waals surface area (Å²) in [5.41, 5.74) is 0.440. The number of sulfonamides is 1. The molecule has 1 aromatic carbocycles. The minimum Gasteiger partial charge on any atom is -0.325 e. The van der Waals surface area contributed by atoms with Crippen molar-refractivity contribution in [3.05, 3.63) is 24.3 Å². The molecule has 0 bridgehead atoms. The number of hydrogen-bond acceptors (Lipinski definition) is 4. The monoisotopic (exact) mass is 311 g/mol. The zero-order valence-electron chi connectivity index (χ0n) is 12.1. The summed E-state index contributed by atoms with van der Waals surface area (Å²) in [5, 5.41) is 7.84. The molecule has 1 atom stereocenters. The van der Waals surface area contributed by atoms with Gasteiger partial charge in [0, 0.05) is 5.69 Å². The molecule has 21 heavy (non-hydrogen) atoms. The van der Waals surface area contributed by atoms with Crippen molar-refractivity contribution in [2.75, 3.05) is 18.4 Å². The second kappa shape index (κ2) is 6.55. The molecule has 0 saturated carbocycles. The van der Waals surface area contributed by atoms with Crippen LogP contribution in [0.15, 0.2) is 29.2 Å². The molecule has 0 aromatic heterocycles. The fourth-order valence-corrected chi connectivity index (χ4v) is 3.03. The molecule has 2 rings (SSSR count). The Morgan fingerprint density at radius 2 is 1.95 bits per heavy atom. The van der Waals surface area contributed by atoms with Gasteiger partial charge in [-0.1, -0.05) is 12.5 Å². The summed E-state index contributed by atoms with van der Waals surface area (Å²) in [6, 6.07) is 5.74. The normalized spacial score (nSPS) is 18.2. The van der Waals surface area contributed by atoms with Crippen molar-refractivity contribution in [2.24, 2.45) is 5.14 Å². The van der Waals surface area contributed by atoms with E-state index in [2.05, 4.69) is 10.2 Å². The van der Waals surface area contributed by atoms with E-state index >= 15 is 0 Å². The standard InChI is InChI=1S/C14H21N3O3S/c1-11(17-8-3-2-4-9-17)14(18)16-12-6-5-7-13(10-12)21(15,19)20/h5-7,10-11H,2-4,8-9H2,1H3,(H,16,18)(H2,15,19,20). The van der Waals surface area contributed by atoms with E-state index in [4.69, 9.17) is 5.14 Å². The molecule has 3 N–H and O–H groups in total. The van der Waals surface area contributed by atoms with Gasteiger partial charge in [-0.15, -0.1) is 0 Å². The fraction of sp³-hybridized carbons (Fsp3) is 0.500. The lowest BCUT2D eigenvalue weighted by atomic mass is 10.1. The van der Waals surface area contributed by atoms with Crippen molar-refractivity contribution < 1.29 is 13.2 Å². The van der Waals surface area contributed by atoms with Gasteiger partial charge >= 0.3 is 0 Å². The van der Waals surface area contributed by atoms with Crippen LogP contribution in [0.25, 0.3) is 0 Å². The number of nitrogens with two attached hydrogens (primary N) is 1. The number of amides is 1. The maximum Gasteiger partial charge on any atom is 0.241 e. The van der Waals surface area contributed by atoms with Crippen LogP contribution in [0, 0.1) is 0 Å². The third kappa shape index (κ3) is 4.26. The Kier molecular flexibility index (Phi) is 4.97. The van der Waals surface area contributed by atoms with Crippen LogP contribution >= 0.6 is 0 Å². The van der Waals surface area contributed by atoms with E-state index in [0.29, 0.717) is 5.69 Å². The topological polar surface area (TPSA) is 92.5 Å². The molecule has 116 valence electrons. The summed E-state index contributed by atoms with van der Waals surface area (Å²) in [4.78, 5) is 14.4. The molecule has 1 fully saturated rings.